The zero-order valence-electron chi connectivity index (χ0n) is 12.5. The number of rotatable bonds is 7. The van der Waals surface area contributed by atoms with Crippen molar-refractivity contribution in [3.05, 3.63) is 23.4 Å². The molecule has 2 N–H and O–H groups in total. The highest BCUT2D eigenvalue weighted by atomic mass is 15.2. The van der Waals surface area contributed by atoms with Gasteiger partial charge in [-0.15, -0.1) is 0 Å². The van der Waals surface area contributed by atoms with E-state index < -0.39 is 0 Å². The van der Waals surface area contributed by atoms with Gasteiger partial charge in [0.05, 0.1) is 0 Å². The summed E-state index contributed by atoms with van der Waals surface area (Å²) in [6, 6.07) is 4.32. The Balaban J connectivity index is 2.25. The van der Waals surface area contributed by atoms with Crippen LogP contribution in [0.3, 0.4) is 0 Å². The van der Waals surface area contributed by atoms with E-state index in [1.165, 1.54) is 18.4 Å². The van der Waals surface area contributed by atoms with Gasteiger partial charge in [0.15, 0.2) is 0 Å². The maximum atomic E-state index is 5.83. The molecule has 106 valence electrons. The molecule has 1 aromatic heterocycles. The highest BCUT2D eigenvalue weighted by molar-refractivity contribution is 5.43. The molecule has 1 fully saturated rings. The monoisotopic (exact) mass is 261 g/mol. The fourth-order valence-corrected chi connectivity index (χ4v) is 2.35. The van der Waals surface area contributed by atoms with Crippen molar-refractivity contribution in [2.24, 2.45) is 11.7 Å². The summed E-state index contributed by atoms with van der Waals surface area (Å²) in [5.74, 6) is 2.47. The van der Waals surface area contributed by atoms with Crippen molar-refractivity contribution in [3.8, 4) is 0 Å². The van der Waals surface area contributed by atoms with Gasteiger partial charge in [0.25, 0.3) is 0 Å². The first-order valence-electron chi connectivity index (χ1n) is 7.60. The number of hydrogen-bond acceptors (Lipinski definition) is 3. The SMILES string of the molecule is CCCN(CC1CC1)c1cc(CN)cc(C(C)C)n1. The summed E-state index contributed by atoms with van der Waals surface area (Å²) in [5, 5.41) is 0. The third kappa shape index (κ3) is 3.93. The molecule has 0 amide bonds. The first-order valence-corrected chi connectivity index (χ1v) is 7.60. The van der Waals surface area contributed by atoms with E-state index in [9.17, 15) is 0 Å². The molecule has 0 saturated heterocycles. The molecule has 0 aromatic carbocycles. The van der Waals surface area contributed by atoms with Gasteiger partial charge in [-0.05, 0) is 48.8 Å². The standard InChI is InChI=1S/C16H27N3/c1-4-7-19(11-13-5-6-13)16-9-14(10-17)8-15(18-16)12(2)3/h8-9,12-13H,4-7,10-11,17H2,1-3H3. The second-order valence-corrected chi connectivity index (χ2v) is 6.01. The van der Waals surface area contributed by atoms with Crippen LogP contribution in [0, 0.1) is 5.92 Å². The summed E-state index contributed by atoms with van der Waals surface area (Å²) in [4.78, 5) is 7.30. The van der Waals surface area contributed by atoms with E-state index >= 15 is 0 Å². The van der Waals surface area contributed by atoms with Crippen molar-refractivity contribution >= 4 is 5.82 Å². The zero-order valence-corrected chi connectivity index (χ0v) is 12.5. The lowest BCUT2D eigenvalue weighted by Crippen LogP contribution is -2.28. The van der Waals surface area contributed by atoms with Crippen molar-refractivity contribution < 1.29 is 0 Å². The summed E-state index contributed by atoms with van der Waals surface area (Å²) in [6.45, 7) is 9.46. The summed E-state index contributed by atoms with van der Waals surface area (Å²) in [7, 11) is 0. The molecule has 1 heterocycles. The third-order valence-corrected chi connectivity index (χ3v) is 3.71. The minimum absolute atomic E-state index is 0.453. The van der Waals surface area contributed by atoms with Crippen molar-refractivity contribution in [1.29, 1.82) is 0 Å². The van der Waals surface area contributed by atoms with Crippen LogP contribution in [-0.2, 0) is 6.54 Å². The van der Waals surface area contributed by atoms with Crippen LogP contribution in [0.1, 0.15) is 57.2 Å². The summed E-state index contributed by atoms with van der Waals surface area (Å²) < 4.78 is 0. The number of aromatic nitrogens is 1. The fourth-order valence-electron chi connectivity index (χ4n) is 2.35. The van der Waals surface area contributed by atoms with Gasteiger partial charge in [-0.3, -0.25) is 0 Å². The molecule has 1 aliphatic rings. The Bertz CT molecular complexity index is 410. The second-order valence-electron chi connectivity index (χ2n) is 6.01. The van der Waals surface area contributed by atoms with Gasteiger partial charge in [0.1, 0.15) is 5.82 Å². The molecule has 3 heteroatoms. The average molecular weight is 261 g/mol. The van der Waals surface area contributed by atoms with Gasteiger partial charge in [-0.25, -0.2) is 4.98 Å². The molecule has 0 unspecified atom stereocenters. The predicted molar refractivity (Wildman–Crippen MR) is 81.4 cm³/mol. The molecule has 2 rings (SSSR count). The van der Waals surface area contributed by atoms with E-state index in [4.69, 9.17) is 10.7 Å². The molecule has 3 nitrogen and oxygen atoms in total. The smallest absolute Gasteiger partial charge is 0.129 e. The highest BCUT2D eigenvalue weighted by Crippen LogP contribution is 2.31. The minimum Gasteiger partial charge on any atom is -0.356 e. The van der Waals surface area contributed by atoms with E-state index in [2.05, 4.69) is 37.8 Å². The van der Waals surface area contributed by atoms with Crippen LogP contribution in [0.4, 0.5) is 5.82 Å². The second kappa shape index (κ2) is 6.38. The van der Waals surface area contributed by atoms with Crippen LogP contribution < -0.4 is 10.6 Å². The van der Waals surface area contributed by atoms with E-state index in [-0.39, 0.29) is 0 Å². The summed E-state index contributed by atoms with van der Waals surface area (Å²) in [6.07, 6.45) is 3.93. The highest BCUT2D eigenvalue weighted by Gasteiger charge is 2.25. The number of hydrogen-bond donors (Lipinski definition) is 1. The van der Waals surface area contributed by atoms with Crippen LogP contribution >= 0.6 is 0 Å². The molecule has 1 aliphatic carbocycles. The van der Waals surface area contributed by atoms with Gasteiger partial charge >= 0.3 is 0 Å². The molecule has 0 bridgehead atoms. The summed E-state index contributed by atoms with van der Waals surface area (Å²) in [5.41, 5.74) is 8.19. The van der Waals surface area contributed by atoms with Crippen molar-refractivity contribution in [3.63, 3.8) is 0 Å². The maximum absolute atomic E-state index is 5.83. The minimum atomic E-state index is 0.453. The van der Waals surface area contributed by atoms with Gasteiger partial charge in [-0.2, -0.15) is 0 Å². The molecule has 1 saturated carbocycles. The average Bonchev–Trinajstić information content (AvgIpc) is 3.21. The molecular formula is C16H27N3. The van der Waals surface area contributed by atoms with Crippen LogP contribution in [0.15, 0.2) is 12.1 Å². The molecule has 0 atom stereocenters. The van der Waals surface area contributed by atoms with Crippen LogP contribution in [0.25, 0.3) is 0 Å². The molecule has 1 aromatic rings. The van der Waals surface area contributed by atoms with E-state index in [1.54, 1.807) is 0 Å². The first kappa shape index (κ1) is 14.3. The normalized spacial score (nSPS) is 15.0. The largest absolute Gasteiger partial charge is 0.356 e. The topological polar surface area (TPSA) is 42.1 Å². The zero-order chi connectivity index (χ0) is 13.8. The molecule has 19 heavy (non-hydrogen) atoms. The Morgan fingerprint density at radius 3 is 2.63 bits per heavy atom. The Morgan fingerprint density at radius 1 is 1.37 bits per heavy atom. The maximum Gasteiger partial charge on any atom is 0.129 e. The van der Waals surface area contributed by atoms with E-state index in [0.717, 1.165) is 36.9 Å². The van der Waals surface area contributed by atoms with Crippen molar-refractivity contribution in [2.75, 3.05) is 18.0 Å². The van der Waals surface area contributed by atoms with Gasteiger partial charge in [-0.1, -0.05) is 20.8 Å². The Labute approximate surface area is 117 Å². The lowest BCUT2D eigenvalue weighted by molar-refractivity contribution is 0.692. The van der Waals surface area contributed by atoms with Crippen LogP contribution in [0.2, 0.25) is 0 Å². The lowest BCUT2D eigenvalue weighted by Gasteiger charge is -2.25. The van der Waals surface area contributed by atoms with Gasteiger partial charge in [0.2, 0.25) is 0 Å². The Hall–Kier alpha value is -1.09. The number of nitrogens with two attached hydrogens (primary N) is 1. The van der Waals surface area contributed by atoms with Gasteiger partial charge in [0, 0.05) is 25.3 Å². The fraction of sp³-hybridized carbons (Fsp3) is 0.688. The van der Waals surface area contributed by atoms with E-state index in [1.807, 2.05) is 0 Å². The molecule has 0 radical (unpaired) electrons. The third-order valence-electron chi connectivity index (χ3n) is 3.71. The van der Waals surface area contributed by atoms with Crippen LogP contribution in [0.5, 0.6) is 0 Å². The Morgan fingerprint density at radius 2 is 2.11 bits per heavy atom. The quantitative estimate of drug-likeness (QED) is 0.819. The molecule has 0 spiro atoms. The van der Waals surface area contributed by atoms with Gasteiger partial charge < -0.3 is 10.6 Å². The lowest BCUT2D eigenvalue weighted by atomic mass is 10.1. The van der Waals surface area contributed by atoms with Crippen molar-refractivity contribution in [2.45, 2.75) is 52.5 Å². The first-order chi connectivity index (χ1) is 9.13. The molecule has 0 aliphatic heterocycles. The molecular weight excluding hydrogens is 234 g/mol. The number of nitrogens with zero attached hydrogens (tertiary/aromatic N) is 2. The predicted octanol–water partition coefficient (Wildman–Crippen LogP) is 3.29. The van der Waals surface area contributed by atoms with Crippen LogP contribution in [-0.4, -0.2) is 18.1 Å². The number of pyridine rings is 1. The van der Waals surface area contributed by atoms with E-state index in [0.29, 0.717) is 12.5 Å². The van der Waals surface area contributed by atoms with Crippen molar-refractivity contribution in [1.82, 2.24) is 4.98 Å². The number of anilines is 1. The summed E-state index contributed by atoms with van der Waals surface area (Å²) >= 11 is 0. The Kier molecular flexibility index (Phi) is 4.81.